The minimum atomic E-state index is -4.52. The van der Waals surface area contributed by atoms with Crippen molar-refractivity contribution in [2.75, 3.05) is 0 Å². The number of alkyl halides is 3. The molecule has 1 aliphatic carbocycles. The van der Waals surface area contributed by atoms with Crippen LogP contribution < -0.4 is 4.72 Å². The van der Waals surface area contributed by atoms with Gasteiger partial charge in [-0.15, -0.1) is 0 Å². The molecule has 8 heteroatoms. The highest BCUT2D eigenvalue weighted by Gasteiger charge is 2.32. The third-order valence-electron chi connectivity index (χ3n) is 3.85. The lowest BCUT2D eigenvalue weighted by Crippen LogP contribution is -2.35. The first-order chi connectivity index (χ1) is 10.9. The summed E-state index contributed by atoms with van der Waals surface area (Å²) in [5.41, 5.74) is 0.322. The van der Waals surface area contributed by atoms with Gasteiger partial charge in [-0.2, -0.15) is 13.2 Å². The molecule has 0 saturated heterocycles. The number of aliphatic hydroxyl groups is 1. The zero-order valence-electron chi connectivity index (χ0n) is 13.4. The molecule has 132 valence electrons. The minimum absolute atomic E-state index is 0.0175. The average Bonchev–Trinajstić information content (AvgIpc) is 2.42. The van der Waals surface area contributed by atoms with Crippen LogP contribution in [0, 0.1) is 6.92 Å². The van der Waals surface area contributed by atoms with Crippen LogP contribution in [0.4, 0.5) is 13.2 Å². The van der Waals surface area contributed by atoms with Gasteiger partial charge >= 0.3 is 6.18 Å². The number of benzene rings is 1. The molecule has 0 saturated carbocycles. The highest BCUT2D eigenvalue weighted by atomic mass is 32.2. The zero-order valence-corrected chi connectivity index (χ0v) is 14.2. The van der Waals surface area contributed by atoms with Gasteiger partial charge in [-0.3, -0.25) is 0 Å². The quantitative estimate of drug-likeness (QED) is 0.860. The first kappa shape index (κ1) is 18.5. The maximum atomic E-state index is 12.7. The predicted octanol–water partition coefficient (Wildman–Crippen LogP) is 3.84. The van der Waals surface area contributed by atoms with Gasteiger partial charge in [0.1, 0.15) is 5.76 Å². The zero-order chi connectivity index (χ0) is 18.3. The molecule has 1 atom stereocenters. The second-order valence-electron chi connectivity index (χ2n) is 5.89. The van der Waals surface area contributed by atoms with E-state index in [-0.39, 0.29) is 16.2 Å². The molecule has 0 radical (unpaired) electrons. The lowest BCUT2D eigenvalue weighted by atomic mass is 9.96. The monoisotopic (exact) mass is 361 g/mol. The topological polar surface area (TPSA) is 66.4 Å². The molecule has 1 aromatic rings. The Bertz CT molecular complexity index is 823. The summed E-state index contributed by atoms with van der Waals surface area (Å²) in [5, 5.41) is 9.76. The second-order valence-corrected chi connectivity index (χ2v) is 7.57. The maximum Gasteiger partial charge on any atom is 0.416 e. The maximum absolute atomic E-state index is 12.7. The fourth-order valence-electron chi connectivity index (χ4n) is 2.67. The van der Waals surface area contributed by atoms with Gasteiger partial charge in [-0.25, -0.2) is 13.1 Å². The molecule has 0 amide bonds. The number of hydrogen-bond donors (Lipinski definition) is 2. The van der Waals surface area contributed by atoms with Gasteiger partial charge < -0.3 is 5.11 Å². The number of sulfonamides is 1. The molecule has 0 aliphatic heterocycles. The van der Waals surface area contributed by atoms with Crippen molar-refractivity contribution in [1.82, 2.24) is 4.72 Å². The van der Waals surface area contributed by atoms with E-state index in [0.29, 0.717) is 17.6 Å². The molecule has 4 nitrogen and oxygen atoms in total. The van der Waals surface area contributed by atoms with Crippen molar-refractivity contribution in [3.63, 3.8) is 0 Å². The Balaban J connectivity index is 2.29. The Morgan fingerprint density at radius 1 is 1.21 bits per heavy atom. The van der Waals surface area contributed by atoms with E-state index in [2.05, 4.69) is 4.72 Å². The van der Waals surface area contributed by atoms with Crippen LogP contribution in [0.25, 0.3) is 0 Å². The number of hydrogen-bond acceptors (Lipinski definition) is 3. The van der Waals surface area contributed by atoms with Gasteiger partial charge in [0.25, 0.3) is 0 Å². The molecule has 1 aromatic carbocycles. The number of rotatable bonds is 3. The first-order valence-electron chi connectivity index (χ1n) is 7.19. The van der Waals surface area contributed by atoms with Gasteiger partial charge in [0.15, 0.2) is 0 Å². The van der Waals surface area contributed by atoms with E-state index in [1.807, 2.05) is 0 Å². The molecule has 0 spiro atoms. The number of aryl methyl sites for hydroxylation is 1. The number of halogens is 3. The first-order valence-corrected chi connectivity index (χ1v) is 8.68. The van der Waals surface area contributed by atoms with Gasteiger partial charge in [0.05, 0.1) is 10.5 Å². The van der Waals surface area contributed by atoms with Crippen LogP contribution in [0.15, 0.2) is 46.1 Å². The summed E-state index contributed by atoms with van der Waals surface area (Å²) >= 11 is 0. The molecular formula is C16H18F3NO3S. The Morgan fingerprint density at radius 2 is 1.83 bits per heavy atom. The second kappa shape index (κ2) is 6.25. The molecule has 0 heterocycles. The third-order valence-corrected chi connectivity index (χ3v) is 5.50. The summed E-state index contributed by atoms with van der Waals surface area (Å²) in [6.07, 6.45) is -2.65. The Morgan fingerprint density at radius 3 is 2.33 bits per heavy atom. The average molecular weight is 361 g/mol. The largest absolute Gasteiger partial charge is 0.508 e. The number of allylic oxidation sites excluding steroid dienone is 1. The molecular weight excluding hydrogens is 343 g/mol. The van der Waals surface area contributed by atoms with E-state index in [4.69, 9.17) is 0 Å². The number of nitrogens with one attached hydrogen (secondary N) is 1. The van der Waals surface area contributed by atoms with Gasteiger partial charge in [-0.05, 0) is 62.1 Å². The summed E-state index contributed by atoms with van der Waals surface area (Å²) in [5.74, 6) is 0.135. The summed E-state index contributed by atoms with van der Waals surface area (Å²) in [6, 6.07) is 1.96. The Labute approximate surface area is 138 Å². The Hall–Kier alpha value is -1.80. The lowest BCUT2D eigenvalue weighted by Gasteiger charge is -2.22. The molecule has 1 aliphatic rings. The molecule has 1 unspecified atom stereocenters. The SMILES string of the molecule is CC1=CC(NS(=O)(=O)c2ccc(C(F)(F)F)cc2C)CC(C)=C1O. The normalized spacial score (nSPS) is 19.4. The molecule has 2 rings (SSSR count). The molecule has 0 bridgehead atoms. The minimum Gasteiger partial charge on any atom is -0.508 e. The van der Waals surface area contributed by atoms with Crippen molar-refractivity contribution in [1.29, 1.82) is 0 Å². The fourth-order valence-corrected chi connectivity index (χ4v) is 4.08. The fraction of sp³-hybridized carbons (Fsp3) is 0.375. The van der Waals surface area contributed by atoms with Gasteiger partial charge in [0.2, 0.25) is 10.0 Å². The van der Waals surface area contributed by atoms with E-state index in [9.17, 15) is 26.7 Å². The van der Waals surface area contributed by atoms with Crippen molar-refractivity contribution >= 4 is 10.0 Å². The van der Waals surface area contributed by atoms with Crippen molar-refractivity contribution < 1.29 is 26.7 Å². The van der Waals surface area contributed by atoms with Crippen LogP contribution in [0.2, 0.25) is 0 Å². The lowest BCUT2D eigenvalue weighted by molar-refractivity contribution is -0.137. The third kappa shape index (κ3) is 3.81. The smallest absolute Gasteiger partial charge is 0.416 e. The van der Waals surface area contributed by atoms with E-state index in [1.54, 1.807) is 19.9 Å². The summed E-state index contributed by atoms with van der Waals surface area (Å²) in [6.45, 7) is 4.67. The van der Waals surface area contributed by atoms with E-state index >= 15 is 0 Å². The molecule has 2 N–H and O–H groups in total. The van der Waals surface area contributed by atoms with Crippen LogP contribution in [0.1, 0.15) is 31.4 Å². The Kier molecular flexibility index (Phi) is 4.83. The summed E-state index contributed by atoms with van der Waals surface area (Å²) < 4.78 is 65.5. The van der Waals surface area contributed by atoms with Crippen molar-refractivity contribution in [3.8, 4) is 0 Å². The van der Waals surface area contributed by atoms with Crippen LogP contribution in [0.3, 0.4) is 0 Å². The van der Waals surface area contributed by atoms with Crippen LogP contribution >= 0.6 is 0 Å². The summed E-state index contributed by atoms with van der Waals surface area (Å²) in [7, 11) is -3.98. The van der Waals surface area contributed by atoms with Crippen LogP contribution in [-0.2, 0) is 16.2 Å². The molecule has 24 heavy (non-hydrogen) atoms. The molecule has 0 aromatic heterocycles. The van der Waals surface area contributed by atoms with Crippen molar-refractivity contribution in [2.24, 2.45) is 0 Å². The predicted molar refractivity (Wildman–Crippen MR) is 84.0 cm³/mol. The van der Waals surface area contributed by atoms with Crippen LogP contribution in [0.5, 0.6) is 0 Å². The number of aliphatic hydroxyl groups excluding tert-OH is 1. The van der Waals surface area contributed by atoms with Gasteiger partial charge in [-0.1, -0.05) is 6.08 Å². The van der Waals surface area contributed by atoms with Crippen molar-refractivity contribution in [2.45, 2.75) is 44.3 Å². The van der Waals surface area contributed by atoms with E-state index in [1.165, 1.54) is 6.92 Å². The standard InChI is InChI=1S/C16H18F3NO3S/c1-9-6-12(16(17,18)19)4-5-14(9)24(22,23)20-13-7-10(2)15(21)11(3)8-13/h4-7,13,20-21H,8H2,1-3H3. The van der Waals surface area contributed by atoms with E-state index < -0.39 is 27.8 Å². The highest BCUT2D eigenvalue weighted by molar-refractivity contribution is 7.89. The van der Waals surface area contributed by atoms with Crippen molar-refractivity contribution in [3.05, 3.63) is 52.3 Å². The van der Waals surface area contributed by atoms with E-state index in [0.717, 1.165) is 18.2 Å². The van der Waals surface area contributed by atoms with Crippen LogP contribution in [-0.4, -0.2) is 19.6 Å². The highest BCUT2D eigenvalue weighted by Crippen LogP contribution is 2.31. The van der Waals surface area contributed by atoms with Gasteiger partial charge in [0, 0.05) is 6.04 Å². The molecule has 0 fully saturated rings. The summed E-state index contributed by atoms with van der Waals surface area (Å²) in [4.78, 5) is -0.196.